The third-order valence-electron chi connectivity index (χ3n) is 2.18. The first-order chi connectivity index (χ1) is 7.91. The van der Waals surface area contributed by atoms with E-state index in [1.165, 1.54) is 6.07 Å². The van der Waals surface area contributed by atoms with Crippen LogP contribution in [0.3, 0.4) is 0 Å². The number of amides is 1. The van der Waals surface area contributed by atoms with Crippen LogP contribution >= 0.6 is 0 Å². The Morgan fingerprint density at radius 1 is 1.35 bits per heavy atom. The van der Waals surface area contributed by atoms with Crippen LogP contribution in [-0.2, 0) is 4.79 Å². The molecule has 0 aliphatic heterocycles. The van der Waals surface area contributed by atoms with Crippen LogP contribution < -0.4 is 10.9 Å². The Morgan fingerprint density at radius 2 is 2.00 bits per heavy atom. The second-order valence-electron chi connectivity index (χ2n) is 3.88. The number of carbonyl (C=O) groups excluding carboxylic acids is 1. The van der Waals surface area contributed by atoms with Crippen LogP contribution in [0.15, 0.2) is 27.6 Å². The van der Waals surface area contributed by atoms with E-state index in [4.69, 9.17) is 5.11 Å². The minimum atomic E-state index is -1.11. The van der Waals surface area contributed by atoms with Crippen LogP contribution in [0.1, 0.15) is 24.2 Å². The van der Waals surface area contributed by atoms with Crippen molar-refractivity contribution in [2.45, 2.75) is 19.9 Å². The molecule has 0 aliphatic carbocycles. The first-order valence-corrected chi connectivity index (χ1v) is 5.04. The summed E-state index contributed by atoms with van der Waals surface area (Å²) in [4.78, 5) is 33.2. The molecule has 0 bridgehead atoms. The van der Waals surface area contributed by atoms with E-state index in [9.17, 15) is 14.4 Å². The number of hydrogen-bond acceptors (Lipinski definition) is 4. The molecule has 92 valence electrons. The van der Waals surface area contributed by atoms with Crippen LogP contribution in [0.25, 0.3) is 0 Å². The van der Waals surface area contributed by atoms with Gasteiger partial charge in [0.15, 0.2) is 0 Å². The summed E-state index contributed by atoms with van der Waals surface area (Å²) in [5, 5.41) is 11.2. The van der Waals surface area contributed by atoms with Crippen molar-refractivity contribution in [2.75, 3.05) is 0 Å². The van der Waals surface area contributed by atoms with E-state index >= 15 is 0 Å². The van der Waals surface area contributed by atoms with Gasteiger partial charge < -0.3 is 14.8 Å². The molecule has 0 saturated heterocycles. The molecule has 1 amide bonds. The quantitative estimate of drug-likeness (QED) is 0.796. The SMILES string of the molecule is CC(C)[C@H](NC(=O)c1ccc(=O)oc1)C(=O)O. The summed E-state index contributed by atoms with van der Waals surface area (Å²) < 4.78 is 4.52. The molecule has 2 N–H and O–H groups in total. The molecule has 1 aromatic heterocycles. The molecule has 6 nitrogen and oxygen atoms in total. The normalized spacial score (nSPS) is 12.2. The van der Waals surface area contributed by atoms with Gasteiger partial charge in [-0.3, -0.25) is 4.79 Å². The summed E-state index contributed by atoms with van der Waals surface area (Å²) in [5.41, 5.74) is -0.461. The number of aliphatic carboxylic acids is 1. The van der Waals surface area contributed by atoms with Crippen LogP contribution in [-0.4, -0.2) is 23.0 Å². The van der Waals surface area contributed by atoms with Crippen molar-refractivity contribution in [1.82, 2.24) is 5.32 Å². The third kappa shape index (κ3) is 3.44. The average molecular weight is 239 g/mol. The van der Waals surface area contributed by atoms with Crippen molar-refractivity contribution in [3.05, 3.63) is 34.4 Å². The summed E-state index contributed by atoms with van der Waals surface area (Å²) in [6.07, 6.45) is 0.997. The number of carbonyl (C=O) groups is 2. The summed E-state index contributed by atoms with van der Waals surface area (Å²) in [7, 11) is 0. The Hall–Kier alpha value is -2.11. The molecule has 17 heavy (non-hydrogen) atoms. The number of carboxylic acids is 1. The maximum Gasteiger partial charge on any atom is 0.335 e. The molecule has 0 fully saturated rings. The molecule has 0 spiro atoms. The largest absolute Gasteiger partial charge is 0.480 e. The molecular formula is C11H13NO5. The van der Waals surface area contributed by atoms with Crippen LogP contribution in [0.4, 0.5) is 0 Å². The van der Waals surface area contributed by atoms with E-state index in [1.54, 1.807) is 13.8 Å². The van der Waals surface area contributed by atoms with Gasteiger partial charge in [0.1, 0.15) is 12.3 Å². The average Bonchev–Trinajstić information content (AvgIpc) is 2.25. The van der Waals surface area contributed by atoms with E-state index in [0.29, 0.717) is 0 Å². The highest BCUT2D eigenvalue weighted by Gasteiger charge is 2.24. The van der Waals surface area contributed by atoms with E-state index in [2.05, 4.69) is 9.73 Å². The van der Waals surface area contributed by atoms with Gasteiger partial charge in [0, 0.05) is 6.07 Å². The first-order valence-electron chi connectivity index (χ1n) is 5.04. The van der Waals surface area contributed by atoms with Crippen LogP contribution in [0.5, 0.6) is 0 Å². The maximum absolute atomic E-state index is 11.6. The van der Waals surface area contributed by atoms with E-state index in [0.717, 1.165) is 12.3 Å². The van der Waals surface area contributed by atoms with Gasteiger partial charge in [-0.25, -0.2) is 9.59 Å². The molecule has 1 rings (SSSR count). The zero-order chi connectivity index (χ0) is 13.0. The van der Waals surface area contributed by atoms with Gasteiger partial charge in [-0.15, -0.1) is 0 Å². The van der Waals surface area contributed by atoms with Gasteiger partial charge in [-0.1, -0.05) is 13.8 Å². The molecule has 0 aliphatic rings. The van der Waals surface area contributed by atoms with Gasteiger partial charge >= 0.3 is 11.6 Å². The summed E-state index contributed by atoms with van der Waals surface area (Å²) in [6, 6.07) is 1.40. The second kappa shape index (κ2) is 5.29. The summed E-state index contributed by atoms with van der Waals surface area (Å²) in [6.45, 7) is 3.37. The third-order valence-corrected chi connectivity index (χ3v) is 2.18. The predicted molar refractivity (Wildman–Crippen MR) is 58.7 cm³/mol. The number of hydrogen-bond donors (Lipinski definition) is 2. The Kier molecular flexibility index (Phi) is 4.03. The number of rotatable bonds is 4. The lowest BCUT2D eigenvalue weighted by molar-refractivity contribution is -0.140. The van der Waals surface area contributed by atoms with Gasteiger partial charge in [0.25, 0.3) is 5.91 Å². The number of carboxylic acid groups (broad SMARTS) is 1. The maximum atomic E-state index is 11.6. The van der Waals surface area contributed by atoms with Crippen molar-refractivity contribution in [2.24, 2.45) is 5.92 Å². The highest BCUT2D eigenvalue weighted by molar-refractivity contribution is 5.96. The van der Waals surface area contributed by atoms with E-state index in [1.807, 2.05) is 0 Å². The summed E-state index contributed by atoms with van der Waals surface area (Å²) >= 11 is 0. The lowest BCUT2D eigenvalue weighted by Gasteiger charge is -2.17. The van der Waals surface area contributed by atoms with Crippen molar-refractivity contribution in [1.29, 1.82) is 0 Å². The van der Waals surface area contributed by atoms with Crippen molar-refractivity contribution < 1.29 is 19.1 Å². The minimum Gasteiger partial charge on any atom is -0.480 e. The molecule has 6 heteroatoms. The van der Waals surface area contributed by atoms with Crippen LogP contribution in [0, 0.1) is 5.92 Å². The molecule has 1 heterocycles. The molecule has 0 radical (unpaired) electrons. The topological polar surface area (TPSA) is 96.6 Å². The molecular weight excluding hydrogens is 226 g/mol. The molecule has 1 atom stereocenters. The minimum absolute atomic E-state index is 0.108. The Labute approximate surface area is 97.3 Å². The first kappa shape index (κ1) is 13.0. The van der Waals surface area contributed by atoms with Crippen molar-refractivity contribution >= 4 is 11.9 Å². The van der Waals surface area contributed by atoms with E-state index < -0.39 is 23.5 Å². The highest BCUT2D eigenvalue weighted by Crippen LogP contribution is 2.04. The monoisotopic (exact) mass is 239 g/mol. The second-order valence-corrected chi connectivity index (χ2v) is 3.88. The zero-order valence-electron chi connectivity index (χ0n) is 9.47. The van der Waals surface area contributed by atoms with Crippen molar-refractivity contribution in [3.8, 4) is 0 Å². The predicted octanol–water partition coefficient (Wildman–Crippen LogP) is 0.479. The van der Waals surface area contributed by atoms with Gasteiger partial charge in [-0.2, -0.15) is 0 Å². The lowest BCUT2D eigenvalue weighted by Crippen LogP contribution is -2.44. The van der Waals surface area contributed by atoms with Gasteiger partial charge in [-0.05, 0) is 12.0 Å². The van der Waals surface area contributed by atoms with Gasteiger partial charge in [0.2, 0.25) is 0 Å². The fourth-order valence-electron chi connectivity index (χ4n) is 1.23. The smallest absolute Gasteiger partial charge is 0.335 e. The standard InChI is InChI=1S/C11H13NO5/c1-6(2)9(11(15)16)12-10(14)7-3-4-8(13)17-5-7/h3-6,9H,1-2H3,(H,12,14)(H,15,16)/t9-/m0/s1. The van der Waals surface area contributed by atoms with Crippen molar-refractivity contribution in [3.63, 3.8) is 0 Å². The highest BCUT2D eigenvalue weighted by atomic mass is 16.4. The fraction of sp³-hybridized carbons (Fsp3) is 0.364. The number of nitrogens with one attached hydrogen (secondary N) is 1. The Morgan fingerprint density at radius 3 is 2.41 bits per heavy atom. The van der Waals surface area contributed by atoms with Gasteiger partial charge in [0.05, 0.1) is 5.56 Å². The Balaban J connectivity index is 2.81. The fourth-order valence-corrected chi connectivity index (χ4v) is 1.23. The lowest BCUT2D eigenvalue weighted by atomic mass is 10.0. The Bertz CT molecular complexity index is 457. The molecule has 0 saturated carbocycles. The zero-order valence-corrected chi connectivity index (χ0v) is 9.47. The summed E-state index contributed by atoms with van der Waals surface area (Å²) in [5.74, 6) is -1.94. The molecule has 0 aromatic carbocycles. The van der Waals surface area contributed by atoms with E-state index in [-0.39, 0.29) is 11.5 Å². The molecule has 1 aromatic rings. The molecule has 0 unspecified atom stereocenters. The van der Waals surface area contributed by atoms with Crippen LogP contribution in [0.2, 0.25) is 0 Å².